The van der Waals surface area contributed by atoms with E-state index in [9.17, 15) is 0 Å². The van der Waals surface area contributed by atoms with E-state index >= 15 is 0 Å². The lowest BCUT2D eigenvalue weighted by atomic mass is 10.2. The number of halogens is 2. The van der Waals surface area contributed by atoms with Crippen LogP contribution in [0.1, 0.15) is 5.56 Å². The predicted molar refractivity (Wildman–Crippen MR) is 117 cm³/mol. The highest BCUT2D eigenvalue weighted by Crippen LogP contribution is 2.29. The molecule has 0 spiro atoms. The summed E-state index contributed by atoms with van der Waals surface area (Å²) in [6, 6.07) is 12.7. The Balaban J connectivity index is 1.62. The molecule has 3 aromatic rings. The fraction of sp³-hybridized carbons (Fsp3) is 0.158. The second-order valence-electron chi connectivity index (χ2n) is 5.78. The number of methoxy groups -OCH3 is 2. The van der Waals surface area contributed by atoms with Crippen molar-refractivity contribution in [2.24, 2.45) is 0 Å². The van der Waals surface area contributed by atoms with E-state index in [0.717, 1.165) is 11.3 Å². The molecule has 0 atom stereocenters. The molecule has 0 aliphatic rings. The maximum Gasteiger partial charge on any atom is 0.176 e. The molecule has 0 fully saturated rings. The van der Waals surface area contributed by atoms with Crippen LogP contribution in [0.5, 0.6) is 11.5 Å². The van der Waals surface area contributed by atoms with Gasteiger partial charge >= 0.3 is 0 Å². The lowest BCUT2D eigenvalue weighted by molar-refractivity contribution is 0.355. The van der Waals surface area contributed by atoms with Gasteiger partial charge in [-0.3, -0.25) is 4.68 Å². The van der Waals surface area contributed by atoms with Crippen molar-refractivity contribution in [2.75, 3.05) is 24.9 Å². The third kappa shape index (κ3) is 5.07. The number of anilines is 2. The number of hydrogen-bond acceptors (Lipinski definition) is 4. The molecule has 0 unspecified atom stereocenters. The van der Waals surface area contributed by atoms with Gasteiger partial charge in [-0.25, -0.2) is 0 Å². The van der Waals surface area contributed by atoms with E-state index in [1.165, 1.54) is 0 Å². The van der Waals surface area contributed by atoms with Crippen molar-refractivity contribution >= 4 is 52.0 Å². The van der Waals surface area contributed by atoms with E-state index < -0.39 is 0 Å². The average Bonchev–Trinajstić information content (AvgIpc) is 3.10. The zero-order chi connectivity index (χ0) is 20.1. The first-order valence-electron chi connectivity index (χ1n) is 8.26. The highest BCUT2D eigenvalue weighted by molar-refractivity contribution is 7.80. The maximum absolute atomic E-state index is 6.22. The van der Waals surface area contributed by atoms with Crippen molar-refractivity contribution in [3.63, 3.8) is 0 Å². The summed E-state index contributed by atoms with van der Waals surface area (Å²) in [6.45, 7) is 0.521. The van der Waals surface area contributed by atoms with E-state index in [1.807, 2.05) is 24.4 Å². The van der Waals surface area contributed by atoms with Crippen molar-refractivity contribution in [2.45, 2.75) is 6.54 Å². The third-order valence-corrected chi connectivity index (χ3v) is 4.66. The Morgan fingerprint density at radius 1 is 1.04 bits per heavy atom. The summed E-state index contributed by atoms with van der Waals surface area (Å²) in [6.07, 6.45) is 1.84. The number of ether oxygens (including phenoxy) is 2. The maximum atomic E-state index is 6.22. The quantitative estimate of drug-likeness (QED) is 0.526. The van der Waals surface area contributed by atoms with Crippen molar-refractivity contribution < 1.29 is 9.47 Å². The van der Waals surface area contributed by atoms with E-state index in [1.54, 1.807) is 43.2 Å². The molecular formula is C19H18Cl2N4O2S. The van der Waals surface area contributed by atoms with Crippen LogP contribution in [0.15, 0.2) is 48.7 Å². The first kappa shape index (κ1) is 20.3. The van der Waals surface area contributed by atoms with Gasteiger partial charge < -0.3 is 20.1 Å². The smallest absolute Gasteiger partial charge is 0.176 e. The summed E-state index contributed by atoms with van der Waals surface area (Å²) in [5.74, 6) is 1.87. The minimum Gasteiger partial charge on any atom is -0.493 e. The number of benzene rings is 2. The number of nitrogens with one attached hydrogen (secondary N) is 2. The number of thiocarbonyl (C=S) groups is 1. The first-order valence-corrected chi connectivity index (χ1v) is 9.42. The molecule has 0 radical (unpaired) electrons. The molecule has 0 saturated carbocycles. The molecule has 1 heterocycles. The molecule has 0 saturated heterocycles. The van der Waals surface area contributed by atoms with Gasteiger partial charge in [-0.15, -0.1) is 0 Å². The molecule has 2 N–H and O–H groups in total. The van der Waals surface area contributed by atoms with Crippen LogP contribution < -0.4 is 20.1 Å². The molecule has 9 heteroatoms. The Hall–Kier alpha value is -2.48. The molecule has 6 nitrogen and oxygen atoms in total. The van der Waals surface area contributed by atoms with Crippen LogP contribution in [0.4, 0.5) is 11.5 Å². The summed E-state index contributed by atoms with van der Waals surface area (Å²) in [5, 5.41) is 12.2. The lowest BCUT2D eigenvalue weighted by Gasteiger charge is -2.12. The minimum absolute atomic E-state index is 0.405. The summed E-state index contributed by atoms with van der Waals surface area (Å²) >= 11 is 17.5. The number of rotatable bonds is 6. The van der Waals surface area contributed by atoms with Crippen LogP contribution in [0.3, 0.4) is 0 Å². The van der Waals surface area contributed by atoms with Gasteiger partial charge in [0.05, 0.1) is 20.8 Å². The van der Waals surface area contributed by atoms with Crippen LogP contribution in [-0.4, -0.2) is 29.1 Å². The Labute approximate surface area is 178 Å². The minimum atomic E-state index is 0.405. The summed E-state index contributed by atoms with van der Waals surface area (Å²) in [4.78, 5) is 0. The van der Waals surface area contributed by atoms with Crippen LogP contribution in [0, 0.1) is 0 Å². The van der Waals surface area contributed by atoms with Gasteiger partial charge in [0.1, 0.15) is 0 Å². The SMILES string of the molecule is COc1ccc(NC(=S)Nc2ccn(Cc3ccc(Cl)cc3Cl)n2)cc1OC. The third-order valence-electron chi connectivity index (χ3n) is 3.87. The predicted octanol–water partition coefficient (Wildman–Crippen LogP) is 5.06. The Morgan fingerprint density at radius 3 is 2.54 bits per heavy atom. The molecule has 0 aliphatic carbocycles. The number of hydrogen-bond donors (Lipinski definition) is 2. The summed E-state index contributed by atoms with van der Waals surface area (Å²) in [7, 11) is 3.17. The van der Waals surface area contributed by atoms with Crippen molar-refractivity contribution in [1.29, 1.82) is 0 Å². The van der Waals surface area contributed by atoms with Gasteiger partial charge in [-0.05, 0) is 42.0 Å². The Morgan fingerprint density at radius 2 is 1.82 bits per heavy atom. The van der Waals surface area contributed by atoms with E-state index in [4.69, 9.17) is 44.9 Å². The van der Waals surface area contributed by atoms with E-state index in [2.05, 4.69) is 15.7 Å². The van der Waals surface area contributed by atoms with E-state index in [-0.39, 0.29) is 0 Å². The molecule has 2 aromatic carbocycles. The zero-order valence-corrected chi connectivity index (χ0v) is 17.5. The monoisotopic (exact) mass is 436 g/mol. The molecule has 146 valence electrons. The van der Waals surface area contributed by atoms with Gasteiger partial charge in [-0.1, -0.05) is 29.3 Å². The normalized spacial score (nSPS) is 10.4. The first-order chi connectivity index (χ1) is 13.5. The molecule has 28 heavy (non-hydrogen) atoms. The number of nitrogens with zero attached hydrogens (tertiary/aromatic N) is 2. The second-order valence-corrected chi connectivity index (χ2v) is 7.04. The largest absolute Gasteiger partial charge is 0.493 e. The van der Waals surface area contributed by atoms with Gasteiger partial charge in [0.15, 0.2) is 22.4 Å². The Kier molecular flexibility index (Phi) is 6.61. The molecule has 0 amide bonds. The van der Waals surface area contributed by atoms with Gasteiger partial charge in [0.2, 0.25) is 0 Å². The summed E-state index contributed by atoms with van der Waals surface area (Å²) < 4.78 is 12.3. The topological polar surface area (TPSA) is 60.3 Å². The van der Waals surface area contributed by atoms with Crippen LogP contribution >= 0.6 is 35.4 Å². The zero-order valence-electron chi connectivity index (χ0n) is 15.2. The summed E-state index contributed by atoms with van der Waals surface area (Å²) in [5.41, 5.74) is 1.69. The molecular weight excluding hydrogens is 419 g/mol. The molecule has 1 aromatic heterocycles. The highest BCUT2D eigenvalue weighted by Gasteiger charge is 2.08. The number of aromatic nitrogens is 2. The molecule has 0 aliphatic heterocycles. The fourth-order valence-electron chi connectivity index (χ4n) is 2.53. The van der Waals surface area contributed by atoms with Crippen LogP contribution in [0.25, 0.3) is 0 Å². The van der Waals surface area contributed by atoms with Gasteiger partial charge in [0, 0.05) is 34.1 Å². The van der Waals surface area contributed by atoms with Crippen LogP contribution in [-0.2, 0) is 6.54 Å². The van der Waals surface area contributed by atoms with Crippen molar-refractivity contribution in [3.05, 3.63) is 64.3 Å². The van der Waals surface area contributed by atoms with Crippen molar-refractivity contribution in [1.82, 2.24) is 9.78 Å². The Bertz CT molecular complexity index is 994. The second kappa shape index (κ2) is 9.14. The van der Waals surface area contributed by atoms with Crippen LogP contribution in [0.2, 0.25) is 10.0 Å². The standard InChI is InChI=1S/C19H18Cl2N4O2S/c1-26-16-6-5-14(10-17(16)27-2)22-19(28)23-18-7-8-25(24-18)11-12-3-4-13(20)9-15(12)21/h3-10H,11H2,1-2H3,(H2,22,23,24,28). The highest BCUT2D eigenvalue weighted by atomic mass is 35.5. The van der Waals surface area contributed by atoms with Gasteiger partial charge in [0.25, 0.3) is 0 Å². The van der Waals surface area contributed by atoms with Gasteiger partial charge in [-0.2, -0.15) is 5.10 Å². The average molecular weight is 437 g/mol. The molecule has 3 rings (SSSR count). The van der Waals surface area contributed by atoms with E-state index in [0.29, 0.717) is 39.0 Å². The van der Waals surface area contributed by atoms with Crippen molar-refractivity contribution in [3.8, 4) is 11.5 Å². The molecule has 0 bridgehead atoms. The lowest BCUT2D eigenvalue weighted by Crippen LogP contribution is -2.19. The fourth-order valence-corrected chi connectivity index (χ4v) is 3.22.